The topological polar surface area (TPSA) is 67.9 Å². The maximum atomic E-state index is 11.4. The Bertz CT molecular complexity index is 281. The lowest BCUT2D eigenvalue weighted by Crippen LogP contribution is -2.46. The molecule has 0 spiro atoms. The highest BCUT2D eigenvalue weighted by Crippen LogP contribution is 2.24. The zero-order valence-electron chi connectivity index (χ0n) is 8.56. The first kappa shape index (κ1) is 10.2. The van der Waals surface area contributed by atoms with Gasteiger partial charge in [0.25, 0.3) is 0 Å². The highest BCUT2D eigenvalue weighted by molar-refractivity contribution is 5.80. The summed E-state index contributed by atoms with van der Waals surface area (Å²) in [6.07, 6.45) is 0.0736. The molecule has 0 aromatic heterocycles. The molecule has 0 aromatic rings. The SMILES string of the molecule is CCOC(=O)N1CCC2C(=O)NOC2C1. The minimum atomic E-state index is -0.334. The first-order valence-corrected chi connectivity index (χ1v) is 5.09. The van der Waals surface area contributed by atoms with Crippen LogP contribution in [0.15, 0.2) is 0 Å². The van der Waals surface area contributed by atoms with Crippen molar-refractivity contribution >= 4 is 12.0 Å². The zero-order chi connectivity index (χ0) is 10.8. The predicted octanol–water partition coefficient (Wildman–Crippen LogP) is -0.105. The molecule has 2 rings (SSSR count). The number of hydrogen-bond acceptors (Lipinski definition) is 4. The van der Waals surface area contributed by atoms with E-state index in [1.54, 1.807) is 11.8 Å². The second-order valence-electron chi connectivity index (χ2n) is 3.66. The summed E-state index contributed by atoms with van der Waals surface area (Å²) in [4.78, 5) is 29.3. The number of ether oxygens (including phenoxy) is 1. The molecule has 2 aliphatic heterocycles. The monoisotopic (exact) mass is 214 g/mol. The molecule has 6 heteroatoms. The summed E-state index contributed by atoms with van der Waals surface area (Å²) in [5, 5.41) is 0. The number of likely N-dealkylation sites (tertiary alicyclic amines) is 1. The largest absolute Gasteiger partial charge is 0.450 e. The Kier molecular flexibility index (Phi) is 2.77. The minimum absolute atomic E-state index is 0.0801. The Balaban J connectivity index is 1.93. The summed E-state index contributed by atoms with van der Waals surface area (Å²) in [7, 11) is 0. The number of carbonyl (C=O) groups excluding carboxylic acids is 2. The van der Waals surface area contributed by atoms with Gasteiger partial charge >= 0.3 is 6.09 Å². The fourth-order valence-electron chi connectivity index (χ4n) is 1.93. The van der Waals surface area contributed by atoms with E-state index in [1.165, 1.54) is 0 Å². The van der Waals surface area contributed by atoms with E-state index in [-0.39, 0.29) is 24.0 Å². The maximum Gasteiger partial charge on any atom is 0.409 e. The first-order chi connectivity index (χ1) is 7.22. The summed E-state index contributed by atoms with van der Waals surface area (Å²) in [5.74, 6) is -0.195. The van der Waals surface area contributed by atoms with Gasteiger partial charge in [-0.05, 0) is 13.3 Å². The van der Waals surface area contributed by atoms with E-state index < -0.39 is 0 Å². The van der Waals surface area contributed by atoms with Gasteiger partial charge in [0.1, 0.15) is 6.10 Å². The minimum Gasteiger partial charge on any atom is -0.450 e. The quantitative estimate of drug-likeness (QED) is 0.661. The Hall–Kier alpha value is -1.30. The van der Waals surface area contributed by atoms with Gasteiger partial charge in [0.2, 0.25) is 5.91 Å². The number of rotatable bonds is 1. The van der Waals surface area contributed by atoms with Gasteiger partial charge in [-0.1, -0.05) is 0 Å². The molecule has 2 saturated heterocycles. The molecule has 0 bridgehead atoms. The van der Waals surface area contributed by atoms with Crippen LogP contribution in [0.25, 0.3) is 0 Å². The van der Waals surface area contributed by atoms with Crippen LogP contribution >= 0.6 is 0 Å². The normalized spacial score (nSPS) is 29.7. The zero-order valence-corrected chi connectivity index (χ0v) is 8.56. The van der Waals surface area contributed by atoms with Crippen molar-refractivity contribution in [3.05, 3.63) is 0 Å². The Morgan fingerprint density at radius 2 is 2.53 bits per heavy atom. The molecular formula is C9H14N2O4. The second kappa shape index (κ2) is 4.06. The van der Waals surface area contributed by atoms with Crippen LogP contribution in [0.3, 0.4) is 0 Å². The molecule has 0 saturated carbocycles. The number of nitrogens with zero attached hydrogens (tertiary/aromatic N) is 1. The molecule has 15 heavy (non-hydrogen) atoms. The molecule has 2 aliphatic rings. The van der Waals surface area contributed by atoms with Crippen molar-refractivity contribution in [2.75, 3.05) is 19.7 Å². The fourth-order valence-corrected chi connectivity index (χ4v) is 1.93. The van der Waals surface area contributed by atoms with Gasteiger partial charge in [0.15, 0.2) is 0 Å². The third kappa shape index (κ3) is 1.90. The fraction of sp³-hybridized carbons (Fsp3) is 0.778. The molecule has 0 radical (unpaired) electrons. The van der Waals surface area contributed by atoms with Crippen LogP contribution in [-0.4, -0.2) is 42.7 Å². The molecule has 0 aliphatic carbocycles. The number of hydroxylamine groups is 1. The van der Waals surface area contributed by atoms with Gasteiger partial charge in [-0.3, -0.25) is 9.63 Å². The summed E-state index contributed by atoms with van der Waals surface area (Å²) in [6.45, 7) is 3.10. The molecule has 2 unspecified atom stereocenters. The number of amides is 2. The summed E-state index contributed by atoms with van der Waals surface area (Å²) in [6, 6.07) is 0. The van der Waals surface area contributed by atoms with Gasteiger partial charge < -0.3 is 9.64 Å². The first-order valence-electron chi connectivity index (χ1n) is 5.09. The predicted molar refractivity (Wildman–Crippen MR) is 49.7 cm³/mol. The van der Waals surface area contributed by atoms with Crippen molar-refractivity contribution in [2.24, 2.45) is 5.92 Å². The van der Waals surface area contributed by atoms with Crippen molar-refractivity contribution in [1.29, 1.82) is 0 Å². The summed E-state index contributed by atoms with van der Waals surface area (Å²) in [5.41, 5.74) is 2.34. The Morgan fingerprint density at radius 3 is 3.27 bits per heavy atom. The van der Waals surface area contributed by atoms with Crippen LogP contribution in [0.1, 0.15) is 13.3 Å². The van der Waals surface area contributed by atoms with Gasteiger partial charge in [0.05, 0.1) is 19.1 Å². The molecule has 2 heterocycles. The van der Waals surface area contributed by atoms with E-state index in [2.05, 4.69) is 5.48 Å². The van der Waals surface area contributed by atoms with Crippen molar-refractivity contribution < 1.29 is 19.2 Å². The van der Waals surface area contributed by atoms with E-state index in [0.717, 1.165) is 0 Å². The van der Waals surface area contributed by atoms with Crippen LogP contribution < -0.4 is 5.48 Å². The number of carbonyl (C=O) groups is 2. The maximum absolute atomic E-state index is 11.4. The highest BCUT2D eigenvalue weighted by Gasteiger charge is 2.41. The third-order valence-corrected chi connectivity index (χ3v) is 2.73. The van der Waals surface area contributed by atoms with Crippen molar-refractivity contribution in [3.8, 4) is 0 Å². The Morgan fingerprint density at radius 1 is 1.73 bits per heavy atom. The molecule has 2 fully saturated rings. The van der Waals surface area contributed by atoms with E-state index >= 15 is 0 Å². The Labute approximate surface area is 87.5 Å². The lowest BCUT2D eigenvalue weighted by atomic mass is 9.94. The molecule has 84 valence electrons. The van der Waals surface area contributed by atoms with Crippen molar-refractivity contribution in [1.82, 2.24) is 10.4 Å². The van der Waals surface area contributed by atoms with Crippen LogP contribution in [0.4, 0.5) is 4.79 Å². The smallest absolute Gasteiger partial charge is 0.409 e. The molecule has 6 nitrogen and oxygen atoms in total. The summed E-state index contributed by atoms with van der Waals surface area (Å²) < 4.78 is 4.88. The lowest BCUT2D eigenvalue weighted by molar-refractivity contribution is -0.126. The molecule has 0 aromatic carbocycles. The second-order valence-corrected chi connectivity index (χ2v) is 3.66. The average Bonchev–Trinajstić information content (AvgIpc) is 2.60. The van der Waals surface area contributed by atoms with Crippen LogP contribution in [0.5, 0.6) is 0 Å². The number of fused-ring (bicyclic) bond motifs is 1. The van der Waals surface area contributed by atoms with E-state index in [0.29, 0.717) is 26.1 Å². The summed E-state index contributed by atoms with van der Waals surface area (Å²) >= 11 is 0. The van der Waals surface area contributed by atoms with Gasteiger partial charge in [0, 0.05) is 6.54 Å². The lowest BCUT2D eigenvalue weighted by Gasteiger charge is -2.31. The molecule has 1 N–H and O–H groups in total. The molecular weight excluding hydrogens is 200 g/mol. The number of nitrogens with one attached hydrogen (secondary N) is 1. The van der Waals surface area contributed by atoms with E-state index in [4.69, 9.17) is 9.57 Å². The highest BCUT2D eigenvalue weighted by atomic mass is 16.7. The van der Waals surface area contributed by atoms with Crippen molar-refractivity contribution in [3.63, 3.8) is 0 Å². The van der Waals surface area contributed by atoms with Crippen LogP contribution in [0.2, 0.25) is 0 Å². The standard InChI is InChI=1S/C9H14N2O4/c1-2-14-9(13)11-4-3-6-7(5-11)15-10-8(6)12/h6-7H,2-5H2,1H3,(H,10,12). The van der Waals surface area contributed by atoms with Gasteiger partial charge in [-0.2, -0.15) is 0 Å². The van der Waals surface area contributed by atoms with Crippen LogP contribution in [-0.2, 0) is 14.4 Å². The molecule has 2 atom stereocenters. The number of hydrogen-bond donors (Lipinski definition) is 1. The van der Waals surface area contributed by atoms with E-state index in [1.807, 2.05) is 0 Å². The third-order valence-electron chi connectivity index (χ3n) is 2.73. The van der Waals surface area contributed by atoms with Gasteiger partial charge in [-0.25, -0.2) is 10.3 Å². The van der Waals surface area contributed by atoms with Crippen LogP contribution in [0, 0.1) is 5.92 Å². The number of piperidine rings is 1. The van der Waals surface area contributed by atoms with Crippen molar-refractivity contribution in [2.45, 2.75) is 19.4 Å². The van der Waals surface area contributed by atoms with Gasteiger partial charge in [-0.15, -0.1) is 0 Å². The average molecular weight is 214 g/mol. The van der Waals surface area contributed by atoms with E-state index in [9.17, 15) is 9.59 Å². The molecule has 2 amide bonds.